The Hall–Kier alpha value is -2.53. The molecule has 0 saturated heterocycles. The van der Waals surface area contributed by atoms with E-state index in [4.69, 9.17) is 4.98 Å². The second-order valence-electron chi connectivity index (χ2n) is 6.56. The summed E-state index contributed by atoms with van der Waals surface area (Å²) in [5.41, 5.74) is 6.10. The summed E-state index contributed by atoms with van der Waals surface area (Å²) >= 11 is 1.63. The van der Waals surface area contributed by atoms with E-state index in [0.717, 1.165) is 27.3 Å². The minimum atomic E-state index is -0.00263. The third kappa shape index (κ3) is 2.82. The topological polar surface area (TPSA) is 50.7 Å². The minimum Gasteiger partial charge on any atom is -0.349 e. The molecule has 0 aliphatic heterocycles. The Bertz CT molecular complexity index is 1170. The van der Waals surface area contributed by atoms with Gasteiger partial charge in [0.25, 0.3) is 5.56 Å². The van der Waals surface area contributed by atoms with E-state index < -0.39 is 0 Å². The summed E-state index contributed by atoms with van der Waals surface area (Å²) in [6.45, 7) is 6.82. The van der Waals surface area contributed by atoms with Crippen LogP contribution in [0.4, 0.5) is 0 Å². The maximum Gasteiger partial charge on any atom is 0.278 e. The molecule has 5 heteroatoms. The first kappa shape index (κ1) is 16.9. The van der Waals surface area contributed by atoms with Gasteiger partial charge in [-0.25, -0.2) is 4.98 Å². The van der Waals surface area contributed by atoms with Crippen molar-refractivity contribution in [3.05, 3.63) is 69.5 Å². The fraction of sp³-hybridized carbons (Fsp3) is 0.238. The second kappa shape index (κ2) is 6.65. The molecule has 0 unspecified atom stereocenters. The van der Waals surface area contributed by atoms with Crippen LogP contribution in [0.25, 0.3) is 21.9 Å². The summed E-state index contributed by atoms with van der Waals surface area (Å²) in [6.07, 6.45) is 0. The average Bonchev–Trinajstić information content (AvgIpc) is 3.02. The first-order valence-electron chi connectivity index (χ1n) is 8.78. The van der Waals surface area contributed by atoms with Gasteiger partial charge in [0, 0.05) is 23.2 Å². The molecule has 0 spiro atoms. The van der Waals surface area contributed by atoms with Gasteiger partial charge in [0.1, 0.15) is 11.0 Å². The normalized spacial score (nSPS) is 11.5. The Balaban J connectivity index is 1.82. The lowest BCUT2D eigenvalue weighted by molar-refractivity contribution is 0.634. The molecule has 0 fully saturated rings. The zero-order valence-electron chi connectivity index (χ0n) is 15.2. The third-order valence-electron chi connectivity index (χ3n) is 4.75. The summed E-state index contributed by atoms with van der Waals surface area (Å²) < 4.78 is 1.76. The molecule has 0 atom stereocenters. The lowest BCUT2D eigenvalue weighted by Crippen LogP contribution is -2.22. The van der Waals surface area contributed by atoms with Crippen LogP contribution in [0.5, 0.6) is 0 Å². The van der Waals surface area contributed by atoms with Crippen molar-refractivity contribution in [3.63, 3.8) is 0 Å². The van der Waals surface area contributed by atoms with Crippen molar-refractivity contribution in [2.75, 3.05) is 0 Å². The van der Waals surface area contributed by atoms with Gasteiger partial charge in [0.15, 0.2) is 5.16 Å². The molecular weight excluding hydrogens is 342 g/mol. The van der Waals surface area contributed by atoms with Crippen LogP contribution in [0.2, 0.25) is 0 Å². The highest BCUT2D eigenvalue weighted by atomic mass is 32.2. The molecule has 4 rings (SSSR count). The van der Waals surface area contributed by atoms with Crippen LogP contribution in [0.15, 0.2) is 52.4 Å². The highest BCUT2D eigenvalue weighted by molar-refractivity contribution is 7.98. The van der Waals surface area contributed by atoms with E-state index in [1.165, 1.54) is 16.7 Å². The number of hydrogen-bond donors (Lipinski definition) is 1. The lowest BCUT2D eigenvalue weighted by Gasteiger charge is -2.11. The largest absolute Gasteiger partial charge is 0.349 e. The van der Waals surface area contributed by atoms with E-state index in [9.17, 15) is 4.79 Å². The number of aromatic nitrogens is 3. The van der Waals surface area contributed by atoms with Gasteiger partial charge in [-0.3, -0.25) is 9.36 Å². The number of thioether (sulfide) groups is 1. The predicted molar refractivity (Wildman–Crippen MR) is 109 cm³/mol. The molecule has 0 aliphatic carbocycles. The number of H-pyrrole nitrogens is 1. The number of para-hydroxylation sites is 1. The van der Waals surface area contributed by atoms with Crippen molar-refractivity contribution in [1.29, 1.82) is 0 Å². The molecule has 2 aromatic heterocycles. The molecule has 0 bridgehead atoms. The average molecular weight is 363 g/mol. The molecule has 0 aliphatic rings. The first-order valence-corrected chi connectivity index (χ1v) is 9.77. The number of aromatic amines is 1. The Morgan fingerprint density at radius 2 is 1.96 bits per heavy atom. The maximum absolute atomic E-state index is 13.0. The number of rotatable bonds is 4. The molecule has 132 valence electrons. The number of hydrogen-bond acceptors (Lipinski definition) is 3. The predicted octanol–water partition coefficient (Wildman–Crippen LogP) is 4.81. The standard InChI is InChI=1S/C21H21N3OS/c1-4-24-20(25)19-18(16-7-5-6-8-17(16)22-19)23-21(24)26-12-15-11-13(2)9-10-14(15)3/h5-11,22H,4,12H2,1-3H3. The molecule has 1 N–H and O–H groups in total. The fourth-order valence-corrected chi connectivity index (χ4v) is 4.38. The molecule has 4 aromatic rings. The monoisotopic (exact) mass is 363 g/mol. The Kier molecular flexibility index (Phi) is 4.32. The van der Waals surface area contributed by atoms with Crippen molar-refractivity contribution in [1.82, 2.24) is 14.5 Å². The Morgan fingerprint density at radius 1 is 1.15 bits per heavy atom. The highest BCUT2D eigenvalue weighted by Gasteiger charge is 2.15. The summed E-state index contributed by atoms with van der Waals surface area (Å²) in [5.74, 6) is 0.799. The van der Waals surface area contributed by atoms with Gasteiger partial charge in [-0.2, -0.15) is 0 Å². The van der Waals surface area contributed by atoms with Crippen LogP contribution in [0.3, 0.4) is 0 Å². The van der Waals surface area contributed by atoms with Gasteiger partial charge in [0.2, 0.25) is 0 Å². The van der Waals surface area contributed by atoms with Gasteiger partial charge in [-0.1, -0.05) is 53.7 Å². The molecule has 0 saturated carbocycles. The molecule has 2 aromatic carbocycles. The summed E-state index contributed by atoms with van der Waals surface area (Å²) in [7, 11) is 0. The highest BCUT2D eigenvalue weighted by Crippen LogP contribution is 2.27. The summed E-state index contributed by atoms with van der Waals surface area (Å²) in [5, 5.41) is 1.77. The second-order valence-corrected chi connectivity index (χ2v) is 7.50. The van der Waals surface area contributed by atoms with Crippen molar-refractivity contribution < 1.29 is 0 Å². The van der Waals surface area contributed by atoms with Crippen LogP contribution in [0, 0.1) is 13.8 Å². The van der Waals surface area contributed by atoms with Crippen molar-refractivity contribution in [2.45, 2.75) is 38.2 Å². The number of nitrogens with zero attached hydrogens (tertiary/aromatic N) is 2. The maximum atomic E-state index is 13.0. The van der Waals surface area contributed by atoms with E-state index in [-0.39, 0.29) is 5.56 Å². The smallest absolute Gasteiger partial charge is 0.278 e. The third-order valence-corrected chi connectivity index (χ3v) is 5.78. The zero-order chi connectivity index (χ0) is 18.3. The van der Waals surface area contributed by atoms with Gasteiger partial charge in [0.05, 0.1) is 0 Å². The minimum absolute atomic E-state index is 0.00263. The molecule has 0 amide bonds. The van der Waals surface area contributed by atoms with E-state index in [2.05, 4.69) is 37.0 Å². The van der Waals surface area contributed by atoms with Gasteiger partial charge in [-0.05, 0) is 38.0 Å². The van der Waals surface area contributed by atoms with Crippen molar-refractivity contribution in [2.24, 2.45) is 0 Å². The Morgan fingerprint density at radius 3 is 2.77 bits per heavy atom. The summed E-state index contributed by atoms with van der Waals surface area (Å²) in [6, 6.07) is 14.4. The molecule has 4 nitrogen and oxygen atoms in total. The number of benzene rings is 2. The van der Waals surface area contributed by atoms with Crippen LogP contribution in [0.1, 0.15) is 23.6 Å². The van der Waals surface area contributed by atoms with Crippen LogP contribution in [-0.4, -0.2) is 14.5 Å². The number of aryl methyl sites for hydroxylation is 2. The van der Waals surface area contributed by atoms with Gasteiger partial charge in [-0.15, -0.1) is 0 Å². The van der Waals surface area contributed by atoms with Crippen LogP contribution in [-0.2, 0) is 12.3 Å². The molecular formula is C21H21N3OS. The fourth-order valence-electron chi connectivity index (χ4n) is 3.26. The van der Waals surface area contributed by atoms with E-state index in [0.29, 0.717) is 12.1 Å². The first-order chi connectivity index (χ1) is 12.6. The lowest BCUT2D eigenvalue weighted by atomic mass is 10.1. The van der Waals surface area contributed by atoms with Gasteiger partial charge >= 0.3 is 0 Å². The van der Waals surface area contributed by atoms with E-state index in [1.54, 1.807) is 16.3 Å². The molecule has 2 heterocycles. The number of fused-ring (bicyclic) bond motifs is 3. The zero-order valence-corrected chi connectivity index (χ0v) is 16.0. The quantitative estimate of drug-likeness (QED) is 0.418. The number of nitrogens with one attached hydrogen (secondary N) is 1. The van der Waals surface area contributed by atoms with Crippen LogP contribution < -0.4 is 5.56 Å². The van der Waals surface area contributed by atoms with E-state index >= 15 is 0 Å². The van der Waals surface area contributed by atoms with Crippen molar-refractivity contribution in [3.8, 4) is 0 Å². The van der Waals surface area contributed by atoms with Crippen molar-refractivity contribution >= 4 is 33.7 Å². The SMILES string of the molecule is CCn1c(SCc2cc(C)ccc2C)nc2c([nH]c3ccccc32)c1=O. The van der Waals surface area contributed by atoms with Gasteiger partial charge < -0.3 is 4.98 Å². The van der Waals surface area contributed by atoms with Crippen LogP contribution >= 0.6 is 11.8 Å². The molecule has 0 radical (unpaired) electrons. The Labute approximate surface area is 156 Å². The molecule has 26 heavy (non-hydrogen) atoms. The summed E-state index contributed by atoms with van der Waals surface area (Å²) in [4.78, 5) is 21.1. The van der Waals surface area contributed by atoms with E-state index in [1.807, 2.05) is 31.2 Å².